The molecule has 0 fully saturated rings. The van der Waals surface area contributed by atoms with Crippen LogP contribution in [0.4, 0.5) is 0 Å². The molecule has 0 saturated carbocycles. The lowest BCUT2D eigenvalue weighted by Gasteiger charge is -2.09. The van der Waals surface area contributed by atoms with E-state index < -0.39 is 0 Å². The van der Waals surface area contributed by atoms with E-state index in [4.69, 9.17) is 0 Å². The molecule has 0 spiro atoms. The molecule has 0 radical (unpaired) electrons. The Bertz CT molecular complexity index is 664. The van der Waals surface area contributed by atoms with Gasteiger partial charge in [-0.25, -0.2) is 4.98 Å². The number of benzene rings is 1. The molecule has 18 heavy (non-hydrogen) atoms. The molecule has 0 aliphatic heterocycles. The average Bonchev–Trinajstić information content (AvgIpc) is 2.97. The number of rotatable bonds is 3. The lowest BCUT2D eigenvalue weighted by Crippen LogP contribution is -2.05. The van der Waals surface area contributed by atoms with Crippen LogP contribution in [-0.4, -0.2) is 9.55 Å². The van der Waals surface area contributed by atoms with Gasteiger partial charge in [-0.2, -0.15) is 0 Å². The quantitative estimate of drug-likeness (QED) is 0.684. The molecule has 2 heterocycles. The van der Waals surface area contributed by atoms with Gasteiger partial charge in [0.2, 0.25) is 0 Å². The molecule has 3 aromatic rings. The minimum Gasteiger partial charge on any atom is -0.330 e. The SMILES string of the molecule is CC(C)c1nccn1Cc1csc2ccccc12. The predicted molar refractivity (Wildman–Crippen MR) is 77.2 cm³/mol. The number of thiophene rings is 1. The normalized spacial score (nSPS) is 11.5. The van der Waals surface area contributed by atoms with Crippen LogP contribution in [0.2, 0.25) is 0 Å². The zero-order valence-electron chi connectivity index (χ0n) is 10.6. The molecule has 0 aliphatic carbocycles. The highest BCUT2D eigenvalue weighted by molar-refractivity contribution is 7.17. The van der Waals surface area contributed by atoms with Crippen LogP contribution in [0.15, 0.2) is 42.0 Å². The second kappa shape index (κ2) is 4.58. The van der Waals surface area contributed by atoms with Crippen LogP contribution in [0, 0.1) is 0 Å². The molecule has 2 nitrogen and oxygen atoms in total. The van der Waals surface area contributed by atoms with Gasteiger partial charge in [0, 0.05) is 23.0 Å². The fourth-order valence-electron chi connectivity index (χ4n) is 2.29. The zero-order valence-corrected chi connectivity index (χ0v) is 11.4. The Morgan fingerprint density at radius 1 is 1.28 bits per heavy atom. The van der Waals surface area contributed by atoms with Gasteiger partial charge in [0.1, 0.15) is 5.82 Å². The third kappa shape index (κ3) is 1.95. The van der Waals surface area contributed by atoms with E-state index in [-0.39, 0.29) is 0 Å². The second-order valence-electron chi connectivity index (χ2n) is 4.83. The molecule has 2 aromatic heterocycles. The summed E-state index contributed by atoms with van der Waals surface area (Å²) in [6, 6.07) is 8.59. The van der Waals surface area contributed by atoms with Crippen molar-refractivity contribution in [3.05, 3.63) is 53.4 Å². The number of nitrogens with zero attached hydrogens (tertiary/aromatic N) is 2. The Balaban J connectivity index is 1.99. The monoisotopic (exact) mass is 256 g/mol. The minimum absolute atomic E-state index is 0.463. The highest BCUT2D eigenvalue weighted by atomic mass is 32.1. The van der Waals surface area contributed by atoms with Gasteiger partial charge >= 0.3 is 0 Å². The lowest BCUT2D eigenvalue weighted by molar-refractivity contribution is 0.672. The number of hydrogen-bond acceptors (Lipinski definition) is 2. The van der Waals surface area contributed by atoms with E-state index >= 15 is 0 Å². The predicted octanol–water partition coefficient (Wildman–Crippen LogP) is 4.27. The van der Waals surface area contributed by atoms with Gasteiger partial charge in [0.25, 0.3) is 0 Å². The maximum atomic E-state index is 4.44. The smallest absolute Gasteiger partial charge is 0.111 e. The van der Waals surface area contributed by atoms with E-state index in [9.17, 15) is 0 Å². The Kier molecular flexibility index (Phi) is 2.92. The van der Waals surface area contributed by atoms with Gasteiger partial charge in [-0.15, -0.1) is 11.3 Å². The molecule has 92 valence electrons. The summed E-state index contributed by atoms with van der Waals surface area (Å²) in [4.78, 5) is 4.44. The van der Waals surface area contributed by atoms with Crippen LogP contribution in [0.1, 0.15) is 31.2 Å². The molecule has 0 amide bonds. The zero-order chi connectivity index (χ0) is 12.5. The first-order valence-corrected chi connectivity index (χ1v) is 7.10. The van der Waals surface area contributed by atoms with Gasteiger partial charge in [-0.3, -0.25) is 0 Å². The highest BCUT2D eigenvalue weighted by Crippen LogP contribution is 2.27. The third-order valence-corrected chi connectivity index (χ3v) is 4.18. The van der Waals surface area contributed by atoms with Gasteiger partial charge in [0.05, 0.1) is 6.54 Å². The summed E-state index contributed by atoms with van der Waals surface area (Å²) in [7, 11) is 0. The topological polar surface area (TPSA) is 17.8 Å². The summed E-state index contributed by atoms with van der Waals surface area (Å²) in [6.45, 7) is 5.28. The molecular formula is C15H16N2S. The minimum atomic E-state index is 0.463. The second-order valence-corrected chi connectivity index (χ2v) is 5.74. The molecule has 0 N–H and O–H groups in total. The number of fused-ring (bicyclic) bond motifs is 1. The summed E-state index contributed by atoms with van der Waals surface area (Å²) >= 11 is 1.82. The van der Waals surface area contributed by atoms with Gasteiger partial charge in [-0.05, 0) is 22.4 Å². The molecule has 0 aliphatic rings. The number of aromatic nitrogens is 2. The van der Waals surface area contributed by atoms with Gasteiger partial charge in [-0.1, -0.05) is 32.0 Å². The van der Waals surface area contributed by atoms with Crippen molar-refractivity contribution in [3.63, 3.8) is 0 Å². The van der Waals surface area contributed by atoms with Crippen molar-refractivity contribution in [3.8, 4) is 0 Å². The van der Waals surface area contributed by atoms with Crippen molar-refractivity contribution in [2.45, 2.75) is 26.3 Å². The molecule has 3 heteroatoms. The highest BCUT2D eigenvalue weighted by Gasteiger charge is 2.09. The summed E-state index contributed by atoms with van der Waals surface area (Å²) < 4.78 is 3.61. The number of imidazole rings is 1. The fraction of sp³-hybridized carbons (Fsp3) is 0.267. The van der Waals surface area contributed by atoms with E-state index in [1.807, 2.05) is 17.5 Å². The fourth-order valence-corrected chi connectivity index (χ4v) is 3.25. The molecule has 0 unspecified atom stereocenters. The summed E-state index contributed by atoms with van der Waals surface area (Å²) in [5, 5.41) is 3.63. The lowest BCUT2D eigenvalue weighted by atomic mass is 10.1. The molecule has 1 aromatic carbocycles. The van der Waals surface area contributed by atoms with E-state index in [1.54, 1.807) is 0 Å². The average molecular weight is 256 g/mol. The molecule has 0 atom stereocenters. The van der Waals surface area contributed by atoms with Crippen LogP contribution in [0.25, 0.3) is 10.1 Å². The number of hydrogen-bond donors (Lipinski definition) is 0. The van der Waals surface area contributed by atoms with Crippen LogP contribution >= 0.6 is 11.3 Å². The first-order valence-electron chi connectivity index (χ1n) is 6.22. The molecule has 0 saturated heterocycles. The van der Waals surface area contributed by atoms with Crippen molar-refractivity contribution in [2.24, 2.45) is 0 Å². The largest absolute Gasteiger partial charge is 0.330 e. The van der Waals surface area contributed by atoms with Crippen LogP contribution in [-0.2, 0) is 6.54 Å². The van der Waals surface area contributed by atoms with Gasteiger partial charge < -0.3 is 4.57 Å². The van der Waals surface area contributed by atoms with Crippen molar-refractivity contribution >= 4 is 21.4 Å². The Morgan fingerprint density at radius 2 is 2.11 bits per heavy atom. The van der Waals surface area contributed by atoms with E-state index in [2.05, 4.69) is 59.2 Å². The summed E-state index contributed by atoms with van der Waals surface area (Å²) in [6.07, 6.45) is 3.96. The Labute approximate surface area is 111 Å². The van der Waals surface area contributed by atoms with Gasteiger partial charge in [0.15, 0.2) is 0 Å². The first-order chi connectivity index (χ1) is 8.75. The standard InChI is InChI=1S/C15H16N2S/c1-11(2)15-16-7-8-17(15)9-12-10-18-14-6-4-3-5-13(12)14/h3-8,10-11H,9H2,1-2H3. The Morgan fingerprint density at radius 3 is 2.94 bits per heavy atom. The van der Waals surface area contributed by atoms with E-state index in [0.717, 1.165) is 12.4 Å². The molecule has 0 bridgehead atoms. The van der Waals surface area contributed by atoms with Crippen LogP contribution in [0.3, 0.4) is 0 Å². The van der Waals surface area contributed by atoms with Crippen molar-refractivity contribution in [2.75, 3.05) is 0 Å². The van der Waals surface area contributed by atoms with E-state index in [0.29, 0.717) is 5.92 Å². The molecular weight excluding hydrogens is 240 g/mol. The molecule has 3 rings (SSSR count). The van der Waals surface area contributed by atoms with Crippen molar-refractivity contribution in [1.29, 1.82) is 0 Å². The third-order valence-electron chi connectivity index (χ3n) is 3.17. The maximum Gasteiger partial charge on any atom is 0.111 e. The maximum absolute atomic E-state index is 4.44. The van der Waals surface area contributed by atoms with E-state index in [1.165, 1.54) is 15.6 Å². The van der Waals surface area contributed by atoms with Crippen LogP contribution in [0.5, 0.6) is 0 Å². The first kappa shape index (κ1) is 11.5. The summed E-state index contributed by atoms with van der Waals surface area (Å²) in [5.41, 5.74) is 1.38. The van der Waals surface area contributed by atoms with Crippen LogP contribution < -0.4 is 0 Å². The Hall–Kier alpha value is -1.61. The summed E-state index contributed by atoms with van der Waals surface area (Å²) in [5.74, 6) is 1.62. The van der Waals surface area contributed by atoms with Crippen molar-refractivity contribution < 1.29 is 0 Å². The van der Waals surface area contributed by atoms with Crippen molar-refractivity contribution in [1.82, 2.24) is 9.55 Å².